The molecule has 0 spiro atoms. The van der Waals surface area contributed by atoms with Crippen LogP contribution in [0.5, 0.6) is 0 Å². The van der Waals surface area contributed by atoms with Gasteiger partial charge in [0.15, 0.2) is 0 Å². The van der Waals surface area contributed by atoms with Crippen LogP contribution < -0.4 is 0 Å². The fourth-order valence-corrected chi connectivity index (χ4v) is 2.35. The molecule has 1 fully saturated rings. The molecule has 0 aliphatic carbocycles. The van der Waals surface area contributed by atoms with Gasteiger partial charge in [-0.3, -0.25) is 14.4 Å². The normalized spacial score (nSPS) is 17.0. The van der Waals surface area contributed by atoms with Crippen molar-refractivity contribution in [2.45, 2.75) is 33.1 Å². The van der Waals surface area contributed by atoms with Gasteiger partial charge in [-0.25, -0.2) is 0 Å². The topological polar surface area (TPSA) is 51.5 Å². The van der Waals surface area contributed by atoms with Gasteiger partial charge < -0.3 is 4.57 Å². The first-order chi connectivity index (χ1) is 9.04. The van der Waals surface area contributed by atoms with Crippen LogP contribution in [0.3, 0.4) is 0 Å². The molecule has 1 atom stereocenters. The predicted molar refractivity (Wildman–Crippen MR) is 70.1 cm³/mol. The first-order valence-electron chi connectivity index (χ1n) is 6.67. The molecule has 2 heterocycles. The van der Waals surface area contributed by atoms with Crippen molar-refractivity contribution >= 4 is 11.8 Å². The number of carbonyl (C=O) groups is 2. The Hall–Kier alpha value is -1.62. The van der Waals surface area contributed by atoms with Gasteiger partial charge >= 0.3 is 0 Å². The van der Waals surface area contributed by atoms with Gasteiger partial charge in [-0.05, 0) is 25.0 Å². The number of carbonyl (C=O) groups excluding carboxylic acids is 2. The largest absolute Gasteiger partial charge is 0.352 e. The van der Waals surface area contributed by atoms with Gasteiger partial charge in [-0.1, -0.05) is 13.8 Å². The zero-order valence-corrected chi connectivity index (χ0v) is 11.7. The summed E-state index contributed by atoms with van der Waals surface area (Å²) in [6.45, 7) is 4.24. The molecule has 5 nitrogen and oxygen atoms in total. The summed E-state index contributed by atoms with van der Waals surface area (Å²) in [4.78, 5) is 28.7. The van der Waals surface area contributed by atoms with Crippen molar-refractivity contribution in [2.75, 3.05) is 6.61 Å². The number of hydrogen-bond donors (Lipinski definition) is 0. The number of nitrogens with zero attached hydrogens (tertiary/aromatic N) is 2. The highest BCUT2D eigenvalue weighted by molar-refractivity contribution is 5.95. The van der Waals surface area contributed by atoms with Crippen molar-refractivity contribution in [1.82, 2.24) is 9.63 Å². The Morgan fingerprint density at radius 2 is 2.11 bits per heavy atom. The summed E-state index contributed by atoms with van der Waals surface area (Å²) in [6, 6.07) is 4.11. The maximum absolute atomic E-state index is 12.1. The number of imide groups is 1. The summed E-state index contributed by atoms with van der Waals surface area (Å²) in [7, 11) is 2.00. The van der Waals surface area contributed by atoms with Crippen molar-refractivity contribution < 1.29 is 14.4 Å². The molecule has 19 heavy (non-hydrogen) atoms. The average Bonchev–Trinajstić information content (AvgIpc) is 2.96. The van der Waals surface area contributed by atoms with E-state index in [0.29, 0.717) is 19.4 Å². The Morgan fingerprint density at radius 1 is 1.42 bits per heavy atom. The van der Waals surface area contributed by atoms with Crippen molar-refractivity contribution in [1.29, 1.82) is 0 Å². The summed E-state index contributed by atoms with van der Waals surface area (Å²) >= 11 is 0. The minimum absolute atomic E-state index is 0.238. The molecule has 0 unspecified atom stereocenters. The molecule has 1 aliphatic heterocycles. The lowest BCUT2D eigenvalue weighted by molar-refractivity contribution is -0.181. The molecule has 0 bridgehead atoms. The van der Waals surface area contributed by atoms with E-state index in [9.17, 15) is 9.59 Å². The van der Waals surface area contributed by atoms with Crippen molar-refractivity contribution in [2.24, 2.45) is 13.0 Å². The fourth-order valence-electron chi connectivity index (χ4n) is 2.35. The molecule has 0 radical (unpaired) electrons. The number of rotatable bonds is 4. The van der Waals surface area contributed by atoms with Gasteiger partial charge in [0.2, 0.25) is 0 Å². The second-order valence-corrected chi connectivity index (χ2v) is 4.94. The molecule has 2 amide bonds. The summed E-state index contributed by atoms with van der Waals surface area (Å²) in [5, 5.41) is 0.925. The van der Waals surface area contributed by atoms with Crippen LogP contribution in [0.2, 0.25) is 0 Å². The van der Waals surface area contributed by atoms with Gasteiger partial charge in [0.1, 0.15) is 0 Å². The molecular weight excluding hydrogens is 244 g/mol. The van der Waals surface area contributed by atoms with E-state index in [1.807, 2.05) is 20.0 Å². The van der Waals surface area contributed by atoms with E-state index in [0.717, 1.165) is 17.2 Å². The molecular formula is C14H20N2O3. The first kappa shape index (κ1) is 13.8. The van der Waals surface area contributed by atoms with Gasteiger partial charge in [0.05, 0.1) is 13.0 Å². The molecule has 0 aromatic carbocycles. The van der Waals surface area contributed by atoms with Crippen LogP contribution >= 0.6 is 0 Å². The lowest BCUT2D eigenvalue weighted by atomic mass is 10.0. The Kier molecular flexibility index (Phi) is 4.04. The van der Waals surface area contributed by atoms with Crippen LogP contribution in [0.15, 0.2) is 12.1 Å². The minimum Gasteiger partial charge on any atom is -0.352 e. The minimum atomic E-state index is -0.264. The Morgan fingerprint density at radius 3 is 2.63 bits per heavy atom. The standard InChI is InChI=1S/C14H20N2O3/c1-4-11-5-6-12(15(11)3)9-10(2)14(18)16-13(17)7-8-19-16/h5-6,10H,4,7-9H2,1-3H3/t10-/m1/s1. The third-order valence-electron chi connectivity index (χ3n) is 3.59. The van der Waals surface area contributed by atoms with E-state index in [1.54, 1.807) is 0 Å². The van der Waals surface area contributed by atoms with E-state index in [-0.39, 0.29) is 17.7 Å². The van der Waals surface area contributed by atoms with E-state index >= 15 is 0 Å². The quantitative estimate of drug-likeness (QED) is 0.827. The molecule has 1 aromatic heterocycles. The van der Waals surface area contributed by atoms with Crippen LogP contribution in [-0.2, 0) is 34.3 Å². The summed E-state index contributed by atoms with van der Waals surface area (Å²) < 4.78 is 2.11. The molecule has 1 saturated heterocycles. The third kappa shape index (κ3) is 2.71. The number of aromatic nitrogens is 1. The predicted octanol–water partition coefficient (Wildman–Crippen LogP) is 1.46. The zero-order chi connectivity index (χ0) is 14.0. The molecule has 1 aliphatic rings. The maximum Gasteiger partial charge on any atom is 0.256 e. The highest BCUT2D eigenvalue weighted by Crippen LogP contribution is 2.17. The molecule has 5 heteroatoms. The zero-order valence-electron chi connectivity index (χ0n) is 11.7. The van der Waals surface area contributed by atoms with Gasteiger partial charge in [0.25, 0.3) is 11.8 Å². The van der Waals surface area contributed by atoms with Crippen LogP contribution in [0.1, 0.15) is 31.7 Å². The number of aryl methyl sites for hydroxylation is 1. The van der Waals surface area contributed by atoms with E-state index in [4.69, 9.17) is 4.84 Å². The smallest absolute Gasteiger partial charge is 0.256 e. The summed E-state index contributed by atoms with van der Waals surface area (Å²) in [5.41, 5.74) is 2.34. The van der Waals surface area contributed by atoms with Crippen molar-refractivity contribution in [3.63, 3.8) is 0 Å². The second-order valence-electron chi connectivity index (χ2n) is 4.94. The van der Waals surface area contributed by atoms with Gasteiger partial charge in [-0.15, -0.1) is 0 Å². The highest BCUT2D eigenvalue weighted by atomic mass is 16.7. The Bertz CT molecular complexity index is 493. The molecule has 104 valence electrons. The van der Waals surface area contributed by atoms with Gasteiger partial charge in [-0.2, -0.15) is 5.06 Å². The SMILES string of the molecule is CCc1ccc(C[C@@H](C)C(=O)N2OCCC2=O)n1C. The number of hydroxylamine groups is 2. The average molecular weight is 264 g/mol. The Labute approximate surface area is 113 Å². The van der Waals surface area contributed by atoms with Crippen LogP contribution in [0.25, 0.3) is 0 Å². The Balaban J connectivity index is 2.04. The molecule has 2 rings (SSSR count). The molecule has 1 aromatic rings. The second kappa shape index (κ2) is 5.57. The maximum atomic E-state index is 12.1. The van der Waals surface area contributed by atoms with Crippen LogP contribution in [0.4, 0.5) is 0 Å². The van der Waals surface area contributed by atoms with Gasteiger partial charge in [0, 0.05) is 24.4 Å². The van der Waals surface area contributed by atoms with E-state index in [2.05, 4.69) is 17.6 Å². The molecule has 0 N–H and O–H groups in total. The van der Waals surface area contributed by atoms with Crippen molar-refractivity contribution in [3.8, 4) is 0 Å². The molecule has 0 saturated carbocycles. The summed E-state index contributed by atoms with van der Waals surface area (Å²) in [6.07, 6.45) is 1.87. The van der Waals surface area contributed by atoms with E-state index < -0.39 is 0 Å². The van der Waals surface area contributed by atoms with Crippen LogP contribution in [-0.4, -0.2) is 28.1 Å². The third-order valence-corrected chi connectivity index (χ3v) is 3.59. The van der Waals surface area contributed by atoms with E-state index in [1.165, 1.54) is 5.69 Å². The van der Waals surface area contributed by atoms with Crippen LogP contribution in [0, 0.1) is 5.92 Å². The number of amides is 2. The fraction of sp³-hybridized carbons (Fsp3) is 0.571. The lowest BCUT2D eigenvalue weighted by Gasteiger charge is -2.17. The van der Waals surface area contributed by atoms with Crippen molar-refractivity contribution in [3.05, 3.63) is 23.5 Å². The monoisotopic (exact) mass is 264 g/mol. The number of hydrogen-bond acceptors (Lipinski definition) is 3. The highest BCUT2D eigenvalue weighted by Gasteiger charge is 2.31. The summed E-state index contributed by atoms with van der Waals surface area (Å²) in [5.74, 6) is -0.750. The lowest BCUT2D eigenvalue weighted by Crippen LogP contribution is -2.36. The first-order valence-corrected chi connectivity index (χ1v) is 6.67.